The molecular weight excluding hydrogens is 418 g/mol. The van der Waals surface area contributed by atoms with Crippen molar-refractivity contribution in [3.05, 3.63) is 52.6 Å². The van der Waals surface area contributed by atoms with E-state index in [1.54, 1.807) is 18.9 Å². The third-order valence-electron chi connectivity index (χ3n) is 5.72. The number of nitrogens with zero attached hydrogens (tertiary/aromatic N) is 1. The molecule has 0 radical (unpaired) electrons. The van der Waals surface area contributed by atoms with Gasteiger partial charge in [-0.2, -0.15) is 0 Å². The fourth-order valence-corrected chi connectivity index (χ4v) is 4.61. The van der Waals surface area contributed by atoms with E-state index in [1.807, 2.05) is 26.1 Å². The van der Waals surface area contributed by atoms with Crippen molar-refractivity contribution in [1.82, 2.24) is 15.5 Å². The van der Waals surface area contributed by atoms with Gasteiger partial charge in [0.05, 0.1) is 18.6 Å². The normalized spacial score (nSPS) is 12.2. The van der Waals surface area contributed by atoms with Crippen LogP contribution < -0.4 is 15.4 Å². The summed E-state index contributed by atoms with van der Waals surface area (Å²) < 4.78 is 5.31. The van der Waals surface area contributed by atoms with Gasteiger partial charge in [0.2, 0.25) is 0 Å². The van der Waals surface area contributed by atoms with Crippen LogP contribution in [0.25, 0.3) is 10.8 Å². The molecule has 0 aliphatic carbocycles. The van der Waals surface area contributed by atoms with Crippen LogP contribution in [0.1, 0.15) is 39.2 Å². The summed E-state index contributed by atoms with van der Waals surface area (Å²) in [5.74, 6) is 1.77. The lowest BCUT2D eigenvalue weighted by Crippen LogP contribution is -2.27. The van der Waals surface area contributed by atoms with Crippen molar-refractivity contribution in [1.29, 1.82) is 0 Å². The number of thioether (sulfide) groups is 1. The van der Waals surface area contributed by atoms with E-state index in [1.165, 1.54) is 10.9 Å². The number of carbonyl (C=O) groups excluding carboxylic acids is 1. The zero-order chi connectivity index (χ0) is 23.3. The maximum atomic E-state index is 12.9. The Morgan fingerprint density at radius 2 is 1.78 bits per heavy atom. The van der Waals surface area contributed by atoms with Gasteiger partial charge < -0.3 is 20.3 Å². The second-order valence-corrected chi connectivity index (χ2v) is 8.86. The summed E-state index contributed by atoms with van der Waals surface area (Å²) >= 11 is 1.61. The summed E-state index contributed by atoms with van der Waals surface area (Å²) in [5.41, 5.74) is 2.13. The monoisotopic (exact) mass is 457 g/mol. The molecule has 6 heteroatoms. The molecule has 0 amide bonds. The number of allylic oxidation sites excluding steroid dienone is 1. The Bertz CT molecular complexity index is 894. The van der Waals surface area contributed by atoms with Crippen LogP contribution in [0.2, 0.25) is 0 Å². The molecule has 2 aromatic carbocycles. The molecule has 0 aliphatic rings. The van der Waals surface area contributed by atoms with E-state index >= 15 is 0 Å². The molecule has 0 fully saturated rings. The fourth-order valence-electron chi connectivity index (χ4n) is 3.56. The van der Waals surface area contributed by atoms with Crippen molar-refractivity contribution < 1.29 is 9.53 Å². The number of nitrogens with one attached hydrogen (secondary N) is 2. The predicted octanol–water partition coefficient (Wildman–Crippen LogP) is 4.81. The first kappa shape index (κ1) is 26.2. The van der Waals surface area contributed by atoms with Gasteiger partial charge in [0.15, 0.2) is 5.78 Å². The van der Waals surface area contributed by atoms with Gasteiger partial charge in [0.1, 0.15) is 5.75 Å². The number of Topliss-reactive ketones (excluding diaryl/α,β-unsaturated/α-hetero) is 1. The number of fused-ring (bicyclic) bond motifs is 1. The van der Waals surface area contributed by atoms with E-state index in [9.17, 15) is 4.79 Å². The van der Waals surface area contributed by atoms with Crippen molar-refractivity contribution in [2.24, 2.45) is 0 Å². The molecule has 0 saturated heterocycles. The fraction of sp³-hybridized carbons (Fsp3) is 0.500. The maximum absolute atomic E-state index is 12.9. The Hall–Kier alpha value is -2.02. The second-order valence-electron chi connectivity index (χ2n) is 7.87. The van der Waals surface area contributed by atoms with Crippen molar-refractivity contribution in [2.75, 3.05) is 46.9 Å². The van der Waals surface area contributed by atoms with Gasteiger partial charge in [-0.25, -0.2) is 0 Å². The first-order chi connectivity index (χ1) is 15.5. The number of ether oxygens (including phenoxy) is 1. The number of hydrogen-bond acceptors (Lipinski definition) is 6. The van der Waals surface area contributed by atoms with Crippen LogP contribution in [0.5, 0.6) is 5.75 Å². The maximum Gasteiger partial charge on any atom is 0.184 e. The molecule has 0 unspecified atom stereocenters. The average Bonchev–Trinajstić information content (AvgIpc) is 2.83. The van der Waals surface area contributed by atoms with Crippen LogP contribution in [0.15, 0.2) is 47.0 Å². The molecule has 2 rings (SSSR count). The van der Waals surface area contributed by atoms with E-state index in [2.05, 4.69) is 53.6 Å². The largest absolute Gasteiger partial charge is 0.497 e. The molecule has 176 valence electrons. The lowest BCUT2D eigenvalue weighted by atomic mass is 10.1. The standard InChI is InChI=1S/C26H39N3O2S/c1-6-29(7-2)15-9-8-14-28-18-25(30)26(20(3)27-4)32-19-21-10-11-23-17-24(31-5)13-12-22(23)16-21/h10-13,16-17,27-28H,6-9,14-15,18-19H2,1-5H3/b26-20-. The summed E-state index contributed by atoms with van der Waals surface area (Å²) in [6.07, 6.45) is 2.24. The molecule has 5 nitrogen and oxygen atoms in total. The number of rotatable bonds is 15. The molecule has 0 bridgehead atoms. The SMILES string of the molecule is CCN(CC)CCCCNCC(=O)/C(SCc1ccc2cc(OC)ccc2c1)=C(\C)NC. The van der Waals surface area contributed by atoms with Crippen LogP contribution in [-0.2, 0) is 10.5 Å². The van der Waals surface area contributed by atoms with Gasteiger partial charge in [-0.3, -0.25) is 4.79 Å². The molecule has 0 atom stereocenters. The summed E-state index contributed by atoms with van der Waals surface area (Å²) in [6.45, 7) is 10.9. The average molecular weight is 458 g/mol. The van der Waals surface area contributed by atoms with Crippen LogP contribution >= 0.6 is 11.8 Å². The number of unbranched alkanes of at least 4 members (excludes halogenated alkanes) is 1. The van der Waals surface area contributed by atoms with E-state index < -0.39 is 0 Å². The Labute approximate surface area is 198 Å². The Morgan fingerprint density at radius 1 is 1.06 bits per heavy atom. The van der Waals surface area contributed by atoms with Crippen molar-refractivity contribution in [2.45, 2.75) is 39.4 Å². The number of hydrogen-bond donors (Lipinski definition) is 2. The molecule has 0 aliphatic heterocycles. The van der Waals surface area contributed by atoms with E-state index in [-0.39, 0.29) is 5.78 Å². The number of benzene rings is 2. The Balaban J connectivity index is 1.88. The molecule has 0 heterocycles. The van der Waals surface area contributed by atoms with E-state index in [0.29, 0.717) is 6.54 Å². The zero-order valence-electron chi connectivity index (χ0n) is 20.3. The van der Waals surface area contributed by atoms with Gasteiger partial charge in [-0.1, -0.05) is 38.1 Å². The molecule has 0 saturated carbocycles. The first-order valence-corrected chi connectivity index (χ1v) is 12.5. The Kier molecular flexibility index (Phi) is 11.6. The number of methoxy groups -OCH3 is 1. The summed E-state index contributed by atoms with van der Waals surface area (Å²) in [6, 6.07) is 12.5. The predicted molar refractivity (Wildman–Crippen MR) is 138 cm³/mol. The van der Waals surface area contributed by atoms with Gasteiger partial charge in [0, 0.05) is 18.5 Å². The molecule has 2 N–H and O–H groups in total. The molecule has 0 spiro atoms. The van der Waals surface area contributed by atoms with Gasteiger partial charge >= 0.3 is 0 Å². The number of ketones is 1. The van der Waals surface area contributed by atoms with Crippen molar-refractivity contribution in [3.63, 3.8) is 0 Å². The summed E-state index contributed by atoms with van der Waals surface area (Å²) in [5, 5.41) is 8.82. The minimum atomic E-state index is 0.149. The van der Waals surface area contributed by atoms with Gasteiger partial charge in [0.25, 0.3) is 0 Å². The minimum absolute atomic E-state index is 0.149. The van der Waals surface area contributed by atoms with Crippen molar-refractivity contribution in [3.8, 4) is 5.75 Å². The highest BCUT2D eigenvalue weighted by molar-refractivity contribution is 8.03. The van der Waals surface area contributed by atoms with Gasteiger partial charge in [-0.15, -0.1) is 11.8 Å². The van der Waals surface area contributed by atoms with Crippen LogP contribution in [-0.4, -0.2) is 57.6 Å². The van der Waals surface area contributed by atoms with E-state index in [0.717, 1.165) is 66.5 Å². The quantitative estimate of drug-likeness (QED) is 0.296. The lowest BCUT2D eigenvalue weighted by molar-refractivity contribution is -0.114. The molecule has 0 aromatic heterocycles. The first-order valence-electron chi connectivity index (χ1n) is 11.6. The van der Waals surface area contributed by atoms with Gasteiger partial charge in [-0.05, 0) is 74.4 Å². The molecule has 2 aromatic rings. The van der Waals surface area contributed by atoms with Crippen LogP contribution in [0.3, 0.4) is 0 Å². The summed E-state index contributed by atoms with van der Waals surface area (Å²) in [4.78, 5) is 16.1. The highest BCUT2D eigenvalue weighted by Crippen LogP contribution is 2.27. The smallest absolute Gasteiger partial charge is 0.184 e. The Morgan fingerprint density at radius 3 is 2.47 bits per heavy atom. The highest BCUT2D eigenvalue weighted by Gasteiger charge is 2.14. The molecular formula is C26H39N3O2S. The summed E-state index contributed by atoms with van der Waals surface area (Å²) in [7, 11) is 3.55. The van der Waals surface area contributed by atoms with Crippen LogP contribution in [0, 0.1) is 0 Å². The van der Waals surface area contributed by atoms with Crippen molar-refractivity contribution >= 4 is 28.3 Å². The second kappa shape index (κ2) is 14.2. The van der Waals surface area contributed by atoms with Crippen LogP contribution in [0.4, 0.5) is 0 Å². The molecule has 32 heavy (non-hydrogen) atoms. The third-order valence-corrected chi connectivity index (χ3v) is 7.02. The van der Waals surface area contributed by atoms with E-state index in [4.69, 9.17) is 4.74 Å². The lowest BCUT2D eigenvalue weighted by Gasteiger charge is -2.17. The highest BCUT2D eigenvalue weighted by atomic mass is 32.2. The number of carbonyl (C=O) groups is 1. The third kappa shape index (κ3) is 8.15. The topological polar surface area (TPSA) is 53.6 Å². The minimum Gasteiger partial charge on any atom is -0.497 e. The zero-order valence-corrected chi connectivity index (χ0v) is 21.1.